The fraction of sp³-hybridized carbons (Fsp3) is 0.136. The number of rotatable bonds is 7. The van der Waals surface area contributed by atoms with Crippen molar-refractivity contribution >= 4 is 23.5 Å². The second-order valence-electron chi connectivity index (χ2n) is 6.32. The third kappa shape index (κ3) is 5.55. The number of carbonyl (C=O) groups is 3. The molecule has 29 heavy (non-hydrogen) atoms. The van der Waals surface area contributed by atoms with E-state index in [0.717, 1.165) is 5.56 Å². The van der Waals surface area contributed by atoms with Gasteiger partial charge in [0.25, 0.3) is 11.8 Å². The summed E-state index contributed by atoms with van der Waals surface area (Å²) in [6.07, 6.45) is 1.41. The van der Waals surface area contributed by atoms with Gasteiger partial charge in [0.1, 0.15) is 0 Å². The van der Waals surface area contributed by atoms with Crippen LogP contribution in [0.5, 0.6) is 0 Å². The quantitative estimate of drug-likeness (QED) is 0.623. The molecule has 0 saturated heterocycles. The van der Waals surface area contributed by atoms with E-state index < -0.39 is 11.9 Å². The fourth-order valence-electron chi connectivity index (χ4n) is 2.56. The molecule has 1 N–H and O–H groups in total. The maximum atomic E-state index is 12.2. The zero-order valence-electron chi connectivity index (χ0n) is 15.8. The summed E-state index contributed by atoms with van der Waals surface area (Å²) in [5.74, 6) is -1.12. The first-order chi connectivity index (χ1) is 14.0. The predicted octanol–water partition coefficient (Wildman–Crippen LogP) is 3.35. The van der Waals surface area contributed by atoms with Crippen LogP contribution < -0.4 is 5.32 Å². The lowest BCUT2D eigenvalue weighted by molar-refractivity contribution is -0.133. The van der Waals surface area contributed by atoms with Crippen LogP contribution in [0.2, 0.25) is 0 Å². The molecule has 0 spiro atoms. The molecule has 0 aliphatic rings. The average molecular weight is 392 g/mol. The molecule has 0 unspecified atom stereocenters. The summed E-state index contributed by atoms with van der Waals surface area (Å²) < 4.78 is 10.1. The standard InChI is InChI=1S/C22H20N2O5/c1-24(14-16-6-3-2-4-7-16)20(25)15-29-22(27)17-9-11-18(12-10-17)23-21(26)19-8-5-13-28-19/h2-13H,14-15H2,1H3,(H,23,26). The van der Waals surface area contributed by atoms with Gasteiger partial charge in [0.15, 0.2) is 12.4 Å². The molecular formula is C22H20N2O5. The number of ether oxygens (including phenoxy) is 1. The number of furan rings is 1. The zero-order valence-corrected chi connectivity index (χ0v) is 15.8. The normalized spacial score (nSPS) is 10.2. The molecule has 2 aromatic carbocycles. The highest BCUT2D eigenvalue weighted by Gasteiger charge is 2.14. The minimum atomic E-state index is -0.615. The van der Waals surface area contributed by atoms with Gasteiger partial charge < -0.3 is 19.4 Å². The molecule has 0 aliphatic carbocycles. The summed E-state index contributed by atoms with van der Waals surface area (Å²) >= 11 is 0. The largest absolute Gasteiger partial charge is 0.459 e. The zero-order chi connectivity index (χ0) is 20.6. The SMILES string of the molecule is CN(Cc1ccccc1)C(=O)COC(=O)c1ccc(NC(=O)c2ccco2)cc1. The van der Waals surface area contributed by atoms with Crippen molar-refractivity contribution in [2.45, 2.75) is 6.54 Å². The molecule has 0 bridgehead atoms. The highest BCUT2D eigenvalue weighted by atomic mass is 16.5. The Labute approximate surface area is 167 Å². The monoisotopic (exact) mass is 392 g/mol. The summed E-state index contributed by atoms with van der Waals surface area (Å²) in [5.41, 5.74) is 1.77. The van der Waals surface area contributed by atoms with Gasteiger partial charge in [0, 0.05) is 19.3 Å². The molecular weight excluding hydrogens is 372 g/mol. The van der Waals surface area contributed by atoms with Crippen LogP contribution >= 0.6 is 0 Å². The molecule has 0 radical (unpaired) electrons. The molecule has 0 aliphatic heterocycles. The molecule has 0 atom stereocenters. The van der Waals surface area contributed by atoms with Gasteiger partial charge >= 0.3 is 5.97 Å². The van der Waals surface area contributed by atoms with Crippen molar-refractivity contribution in [2.24, 2.45) is 0 Å². The van der Waals surface area contributed by atoms with Gasteiger partial charge in [-0.3, -0.25) is 9.59 Å². The number of hydrogen-bond acceptors (Lipinski definition) is 5. The molecule has 2 amide bonds. The van der Waals surface area contributed by atoms with E-state index in [4.69, 9.17) is 9.15 Å². The van der Waals surface area contributed by atoms with E-state index in [1.54, 1.807) is 31.3 Å². The molecule has 3 rings (SSSR count). The number of nitrogens with one attached hydrogen (secondary N) is 1. The smallest absolute Gasteiger partial charge is 0.338 e. The molecule has 1 aromatic heterocycles. The molecule has 3 aromatic rings. The lowest BCUT2D eigenvalue weighted by Gasteiger charge is -2.17. The highest BCUT2D eigenvalue weighted by Crippen LogP contribution is 2.13. The van der Waals surface area contributed by atoms with Gasteiger partial charge in [-0.05, 0) is 42.0 Å². The van der Waals surface area contributed by atoms with Crippen LogP contribution in [0.3, 0.4) is 0 Å². The van der Waals surface area contributed by atoms with Crippen molar-refractivity contribution in [3.05, 3.63) is 89.9 Å². The fourth-order valence-corrected chi connectivity index (χ4v) is 2.56. The number of likely N-dealkylation sites (N-methyl/N-ethyl adjacent to an activating group) is 1. The number of esters is 1. The maximum absolute atomic E-state index is 12.2. The summed E-state index contributed by atoms with van der Waals surface area (Å²) in [6.45, 7) is 0.0838. The highest BCUT2D eigenvalue weighted by molar-refractivity contribution is 6.02. The first kappa shape index (κ1) is 19.9. The average Bonchev–Trinajstić information content (AvgIpc) is 3.28. The van der Waals surface area contributed by atoms with E-state index in [1.807, 2.05) is 30.3 Å². The molecule has 1 heterocycles. The number of benzene rings is 2. The van der Waals surface area contributed by atoms with E-state index >= 15 is 0 Å². The van der Waals surface area contributed by atoms with Crippen LogP contribution in [0.4, 0.5) is 5.69 Å². The Balaban J connectivity index is 1.49. The second-order valence-corrected chi connectivity index (χ2v) is 6.32. The van der Waals surface area contributed by atoms with Gasteiger partial charge in [-0.1, -0.05) is 30.3 Å². The Morgan fingerprint density at radius 2 is 1.69 bits per heavy atom. The van der Waals surface area contributed by atoms with Crippen LogP contribution in [-0.2, 0) is 16.1 Å². The number of nitrogens with zero attached hydrogens (tertiary/aromatic N) is 1. The van der Waals surface area contributed by atoms with Gasteiger partial charge in [-0.15, -0.1) is 0 Å². The Kier molecular flexibility index (Phi) is 6.42. The predicted molar refractivity (Wildman–Crippen MR) is 106 cm³/mol. The van der Waals surface area contributed by atoms with Crippen molar-refractivity contribution in [1.29, 1.82) is 0 Å². The van der Waals surface area contributed by atoms with E-state index in [9.17, 15) is 14.4 Å². The molecule has 7 heteroatoms. The minimum Gasteiger partial charge on any atom is -0.459 e. The maximum Gasteiger partial charge on any atom is 0.338 e. The molecule has 0 saturated carbocycles. The summed E-state index contributed by atoms with van der Waals surface area (Å²) in [5, 5.41) is 2.65. The van der Waals surface area contributed by atoms with Crippen LogP contribution in [0.25, 0.3) is 0 Å². The van der Waals surface area contributed by atoms with E-state index in [1.165, 1.54) is 23.3 Å². The van der Waals surface area contributed by atoms with Crippen molar-refractivity contribution in [2.75, 3.05) is 19.0 Å². The Morgan fingerprint density at radius 3 is 2.34 bits per heavy atom. The number of amides is 2. The van der Waals surface area contributed by atoms with Gasteiger partial charge in [-0.25, -0.2) is 4.79 Å². The van der Waals surface area contributed by atoms with E-state index in [-0.39, 0.29) is 23.8 Å². The van der Waals surface area contributed by atoms with E-state index in [0.29, 0.717) is 12.2 Å². The van der Waals surface area contributed by atoms with Gasteiger partial charge in [0.05, 0.1) is 11.8 Å². The third-order valence-electron chi connectivity index (χ3n) is 4.14. The van der Waals surface area contributed by atoms with Gasteiger partial charge in [-0.2, -0.15) is 0 Å². The Morgan fingerprint density at radius 1 is 0.966 bits per heavy atom. The summed E-state index contributed by atoms with van der Waals surface area (Å²) in [4.78, 5) is 37.7. The van der Waals surface area contributed by atoms with Crippen molar-refractivity contribution < 1.29 is 23.5 Å². The first-order valence-corrected chi connectivity index (χ1v) is 8.93. The van der Waals surface area contributed by atoms with Crippen LogP contribution in [0, 0.1) is 0 Å². The lowest BCUT2D eigenvalue weighted by atomic mass is 10.2. The van der Waals surface area contributed by atoms with Crippen LogP contribution in [0.15, 0.2) is 77.4 Å². The van der Waals surface area contributed by atoms with Crippen molar-refractivity contribution in [3.8, 4) is 0 Å². The van der Waals surface area contributed by atoms with Crippen molar-refractivity contribution in [3.63, 3.8) is 0 Å². The van der Waals surface area contributed by atoms with E-state index in [2.05, 4.69) is 5.32 Å². The Hall–Kier alpha value is -3.87. The summed E-state index contributed by atoms with van der Waals surface area (Å²) in [6, 6.07) is 18.9. The third-order valence-corrected chi connectivity index (χ3v) is 4.14. The number of hydrogen-bond donors (Lipinski definition) is 1. The number of carbonyl (C=O) groups excluding carboxylic acids is 3. The van der Waals surface area contributed by atoms with Crippen LogP contribution in [-0.4, -0.2) is 36.3 Å². The second kappa shape index (κ2) is 9.36. The van der Waals surface area contributed by atoms with Crippen LogP contribution in [0.1, 0.15) is 26.5 Å². The summed E-state index contributed by atoms with van der Waals surface area (Å²) in [7, 11) is 1.65. The van der Waals surface area contributed by atoms with Crippen molar-refractivity contribution in [1.82, 2.24) is 4.90 Å². The molecule has 148 valence electrons. The first-order valence-electron chi connectivity index (χ1n) is 8.93. The minimum absolute atomic E-state index is 0.187. The molecule has 0 fully saturated rings. The number of anilines is 1. The Bertz CT molecular complexity index is 966. The topological polar surface area (TPSA) is 88.9 Å². The molecule has 7 nitrogen and oxygen atoms in total. The lowest BCUT2D eigenvalue weighted by Crippen LogP contribution is -2.30. The van der Waals surface area contributed by atoms with Gasteiger partial charge in [0.2, 0.25) is 0 Å².